The fourth-order valence-corrected chi connectivity index (χ4v) is 2.13. The smallest absolute Gasteiger partial charge is 0.267 e. The number of nitrogens with two attached hydrogens (primary N) is 1. The third-order valence-corrected chi connectivity index (χ3v) is 3.63. The van der Waals surface area contributed by atoms with Gasteiger partial charge in [0.2, 0.25) is 0 Å². The number of para-hydroxylation sites is 1. The van der Waals surface area contributed by atoms with Crippen molar-refractivity contribution in [2.45, 2.75) is 26.2 Å². The van der Waals surface area contributed by atoms with Crippen molar-refractivity contribution in [3.63, 3.8) is 0 Å². The Kier molecular flexibility index (Phi) is 4.88. The highest BCUT2D eigenvalue weighted by molar-refractivity contribution is 6.04. The van der Waals surface area contributed by atoms with Gasteiger partial charge in [-0.3, -0.25) is 14.6 Å². The molecule has 5 heteroatoms. The van der Waals surface area contributed by atoms with E-state index in [2.05, 4.69) is 24.1 Å². The summed E-state index contributed by atoms with van der Waals surface area (Å²) in [4.78, 5) is 27.2. The number of primary amides is 1. The van der Waals surface area contributed by atoms with E-state index in [1.54, 1.807) is 0 Å². The van der Waals surface area contributed by atoms with Crippen LogP contribution >= 0.6 is 0 Å². The van der Waals surface area contributed by atoms with Crippen molar-refractivity contribution in [2.75, 3.05) is 5.32 Å². The first-order chi connectivity index (χ1) is 10.5. The average molecular weight is 297 g/mol. The van der Waals surface area contributed by atoms with E-state index in [-0.39, 0.29) is 11.6 Å². The SMILES string of the molecule is CCC(C)c1ccccc1NC(=O)c1ccc(C(N)=O)nc1. The predicted octanol–water partition coefficient (Wildman–Crippen LogP) is 2.95. The van der Waals surface area contributed by atoms with Crippen molar-refractivity contribution >= 4 is 17.5 Å². The highest BCUT2D eigenvalue weighted by Crippen LogP contribution is 2.26. The molecule has 0 fully saturated rings. The van der Waals surface area contributed by atoms with Crippen molar-refractivity contribution in [1.29, 1.82) is 0 Å². The Labute approximate surface area is 129 Å². The fourth-order valence-electron chi connectivity index (χ4n) is 2.13. The van der Waals surface area contributed by atoms with Crippen molar-refractivity contribution in [2.24, 2.45) is 5.73 Å². The Morgan fingerprint density at radius 3 is 2.55 bits per heavy atom. The molecule has 2 amide bonds. The van der Waals surface area contributed by atoms with Gasteiger partial charge in [-0.05, 0) is 36.1 Å². The summed E-state index contributed by atoms with van der Waals surface area (Å²) in [6.07, 6.45) is 2.34. The molecule has 0 saturated carbocycles. The number of amides is 2. The third kappa shape index (κ3) is 3.49. The second kappa shape index (κ2) is 6.85. The number of benzene rings is 1. The topological polar surface area (TPSA) is 85.1 Å². The van der Waals surface area contributed by atoms with Gasteiger partial charge in [-0.15, -0.1) is 0 Å². The predicted molar refractivity (Wildman–Crippen MR) is 85.9 cm³/mol. The summed E-state index contributed by atoms with van der Waals surface area (Å²) in [5, 5.41) is 2.90. The van der Waals surface area contributed by atoms with Gasteiger partial charge < -0.3 is 11.1 Å². The number of carbonyl (C=O) groups excluding carboxylic acids is 2. The maximum atomic E-state index is 12.3. The monoisotopic (exact) mass is 297 g/mol. The molecule has 1 aromatic heterocycles. The molecule has 0 radical (unpaired) electrons. The number of aromatic nitrogens is 1. The maximum absolute atomic E-state index is 12.3. The molecule has 1 atom stereocenters. The molecular weight excluding hydrogens is 278 g/mol. The molecule has 3 N–H and O–H groups in total. The van der Waals surface area contributed by atoms with Crippen LogP contribution in [0.3, 0.4) is 0 Å². The van der Waals surface area contributed by atoms with Gasteiger partial charge in [0.25, 0.3) is 11.8 Å². The van der Waals surface area contributed by atoms with E-state index in [0.717, 1.165) is 17.7 Å². The van der Waals surface area contributed by atoms with E-state index < -0.39 is 5.91 Å². The second-order valence-corrected chi connectivity index (χ2v) is 5.15. The van der Waals surface area contributed by atoms with Crippen LogP contribution in [0.2, 0.25) is 0 Å². The van der Waals surface area contributed by atoms with Gasteiger partial charge in [0.15, 0.2) is 0 Å². The molecular formula is C17H19N3O2. The summed E-state index contributed by atoms with van der Waals surface area (Å²) in [7, 11) is 0. The number of hydrogen-bond acceptors (Lipinski definition) is 3. The fraction of sp³-hybridized carbons (Fsp3) is 0.235. The van der Waals surface area contributed by atoms with Gasteiger partial charge in [-0.2, -0.15) is 0 Å². The molecule has 0 aliphatic rings. The number of nitrogens with zero attached hydrogens (tertiary/aromatic N) is 1. The second-order valence-electron chi connectivity index (χ2n) is 5.15. The summed E-state index contributed by atoms with van der Waals surface area (Å²) in [5.41, 5.74) is 7.53. The molecule has 2 rings (SSSR count). The van der Waals surface area contributed by atoms with Crippen molar-refractivity contribution in [3.8, 4) is 0 Å². The quantitative estimate of drug-likeness (QED) is 0.889. The van der Waals surface area contributed by atoms with Crippen LogP contribution in [0.15, 0.2) is 42.6 Å². The highest BCUT2D eigenvalue weighted by Gasteiger charge is 2.13. The number of pyridine rings is 1. The van der Waals surface area contributed by atoms with E-state index in [0.29, 0.717) is 11.5 Å². The molecule has 1 unspecified atom stereocenters. The maximum Gasteiger partial charge on any atom is 0.267 e. The molecule has 0 aliphatic heterocycles. The van der Waals surface area contributed by atoms with Crippen LogP contribution in [0.25, 0.3) is 0 Å². The number of carbonyl (C=O) groups is 2. The first-order valence-corrected chi connectivity index (χ1v) is 7.19. The van der Waals surface area contributed by atoms with Crippen molar-refractivity contribution in [1.82, 2.24) is 4.98 Å². The molecule has 0 aliphatic carbocycles. The van der Waals surface area contributed by atoms with Crippen molar-refractivity contribution < 1.29 is 9.59 Å². The van der Waals surface area contributed by atoms with E-state index in [9.17, 15) is 9.59 Å². The van der Waals surface area contributed by atoms with Crippen molar-refractivity contribution in [3.05, 3.63) is 59.4 Å². The molecule has 0 bridgehead atoms. The van der Waals surface area contributed by atoms with Crippen LogP contribution in [0, 0.1) is 0 Å². The average Bonchev–Trinajstić information content (AvgIpc) is 2.54. The summed E-state index contributed by atoms with van der Waals surface area (Å²) in [6.45, 7) is 4.23. The Morgan fingerprint density at radius 2 is 1.95 bits per heavy atom. The standard InChI is InChI=1S/C17H19N3O2/c1-3-11(2)13-6-4-5-7-14(13)20-17(22)12-8-9-15(16(18)21)19-10-12/h4-11H,3H2,1-2H3,(H2,18,21)(H,20,22). The van der Waals surface area contributed by atoms with Crippen LogP contribution in [0.4, 0.5) is 5.69 Å². The zero-order chi connectivity index (χ0) is 16.1. The van der Waals surface area contributed by atoms with E-state index in [1.807, 2.05) is 24.3 Å². The van der Waals surface area contributed by atoms with Crippen LogP contribution < -0.4 is 11.1 Å². The van der Waals surface area contributed by atoms with Gasteiger partial charge in [0.1, 0.15) is 5.69 Å². The Balaban J connectivity index is 2.20. The van der Waals surface area contributed by atoms with Crippen LogP contribution in [0.1, 0.15) is 52.6 Å². The van der Waals surface area contributed by atoms with Gasteiger partial charge in [-0.25, -0.2) is 0 Å². The van der Waals surface area contributed by atoms with Gasteiger partial charge in [0, 0.05) is 11.9 Å². The minimum absolute atomic E-state index is 0.136. The van der Waals surface area contributed by atoms with Crippen LogP contribution in [0.5, 0.6) is 0 Å². The van der Waals surface area contributed by atoms with E-state index in [4.69, 9.17) is 5.73 Å². The number of hydrogen-bond donors (Lipinski definition) is 2. The van der Waals surface area contributed by atoms with Gasteiger partial charge in [-0.1, -0.05) is 32.0 Å². The zero-order valence-electron chi connectivity index (χ0n) is 12.7. The van der Waals surface area contributed by atoms with E-state index >= 15 is 0 Å². The minimum Gasteiger partial charge on any atom is -0.364 e. The zero-order valence-corrected chi connectivity index (χ0v) is 12.7. The Bertz CT molecular complexity index is 681. The number of rotatable bonds is 5. The first-order valence-electron chi connectivity index (χ1n) is 7.19. The lowest BCUT2D eigenvalue weighted by atomic mass is 9.97. The molecule has 1 heterocycles. The largest absolute Gasteiger partial charge is 0.364 e. The Hall–Kier alpha value is -2.69. The summed E-state index contributed by atoms with van der Waals surface area (Å²) < 4.78 is 0. The normalized spacial score (nSPS) is 11.7. The molecule has 0 saturated heterocycles. The molecule has 0 spiro atoms. The van der Waals surface area contributed by atoms with Gasteiger partial charge in [0.05, 0.1) is 5.56 Å². The lowest BCUT2D eigenvalue weighted by Gasteiger charge is -2.15. The lowest BCUT2D eigenvalue weighted by molar-refractivity contribution is 0.0990. The van der Waals surface area contributed by atoms with E-state index in [1.165, 1.54) is 18.3 Å². The molecule has 1 aromatic carbocycles. The van der Waals surface area contributed by atoms with Crippen LogP contribution in [-0.2, 0) is 0 Å². The van der Waals surface area contributed by atoms with Crippen LogP contribution in [-0.4, -0.2) is 16.8 Å². The van der Waals surface area contributed by atoms with Gasteiger partial charge >= 0.3 is 0 Å². The highest BCUT2D eigenvalue weighted by atomic mass is 16.2. The Morgan fingerprint density at radius 1 is 1.23 bits per heavy atom. The summed E-state index contributed by atoms with van der Waals surface area (Å²) >= 11 is 0. The summed E-state index contributed by atoms with van der Waals surface area (Å²) in [6, 6.07) is 10.7. The summed E-state index contributed by atoms with van der Waals surface area (Å²) in [5.74, 6) is -0.528. The molecule has 2 aromatic rings. The minimum atomic E-state index is -0.617. The first kappa shape index (κ1) is 15.7. The molecule has 22 heavy (non-hydrogen) atoms. The lowest BCUT2D eigenvalue weighted by Crippen LogP contribution is -2.16. The number of anilines is 1. The molecule has 5 nitrogen and oxygen atoms in total. The number of nitrogens with one attached hydrogen (secondary N) is 1. The third-order valence-electron chi connectivity index (χ3n) is 3.63. The molecule has 114 valence electrons.